The first-order valence-corrected chi connectivity index (χ1v) is 6.78. The Hall–Kier alpha value is -0.650. The van der Waals surface area contributed by atoms with E-state index in [1.807, 2.05) is 13.8 Å². The van der Waals surface area contributed by atoms with E-state index in [1.165, 1.54) is 0 Å². The van der Waals surface area contributed by atoms with E-state index in [0.29, 0.717) is 19.4 Å². The van der Waals surface area contributed by atoms with Gasteiger partial charge in [0.2, 0.25) is 0 Å². The van der Waals surface area contributed by atoms with Gasteiger partial charge in [0.25, 0.3) is 5.91 Å². The van der Waals surface area contributed by atoms with Crippen LogP contribution in [0, 0.1) is 5.92 Å². The summed E-state index contributed by atoms with van der Waals surface area (Å²) in [6, 6.07) is 0. The molecule has 3 N–H and O–H groups in total. The van der Waals surface area contributed by atoms with Gasteiger partial charge in [-0.2, -0.15) is 0 Å². The topological polar surface area (TPSA) is 70.6 Å². The van der Waals surface area contributed by atoms with E-state index in [-0.39, 0.29) is 11.8 Å². The van der Waals surface area contributed by atoms with Gasteiger partial charge in [0.05, 0.1) is 6.10 Å². The highest BCUT2D eigenvalue weighted by molar-refractivity contribution is 5.85. The van der Waals surface area contributed by atoms with E-state index in [2.05, 4.69) is 10.6 Å². The summed E-state index contributed by atoms with van der Waals surface area (Å²) in [5, 5.41) is 15.9. The van der Waals surface area contributed by atoms with E-state index in [1.54, 1.807) is 7.11 Å². The minimum absolute atomic E-state index is 0.103. The maximum atomic E-state index is 12.2. The molecule has 0 aromatic heterocycles. The van der Waals surface area contributed by atoms with Gasteiger partial charge in [0, 0.05) is 13.7 Å². The minimum Gasteiger partial charge on any atom is -0.391 e. The summed E-state index contributed by atoms with van der Waals surface area (Å²) < 4.78 is 5.43. The highest BCUT2D eigenvalue weighted by atomic mass is 16.5. The van der Waals surface area contributed by atoms with Gasteiger partial charge < -0.3 is 20.5 Å². The third kappa shape index (κ3) is 3.67. The third-order valence-corrected chi connectivity index (χ3v) is 3.99. The fourth-order valence-corrected chi connectivity index (χ4v) is 2.19. The van der Waals surface area contributed by atoms with Gasteiger partial charge in [-0.1, -0.05) is 20.3 Å². The molecule has 1 amide bonds. The van der Waals surface area contributed by atoms with Gasteiger partial charge >= 0.3 is 0 Å². The molecule has 0 spiro atoms. The fourth-order valence-electron chi connectivity index (χ4n) is 2.19. The molecule has 2 atom stereocenters. The molecule has 0 aromatic rings. The van der Waals surface area contributed by atoms with Crippen LogP contribution in [0.1, 0.15) is 33.1 Å². The lowest BCUT2D eigenvalue weighted by molar-refractivity contribution is -0.147. The molecular formula is C13H26N2O3. The zero-order valence-corrected chi connectivity index (χ0v) is 11.7. The van der Waals surface area contributed by atoms with Crippen molar-refractivity contribution < 1.29 is 14.6 Å². The molecule has 5 nitrogen and oxygen atoms in total. The lowest BCUT2D eigenvalue weighted by Gasteiger charge is -2.35. The Balaban J connectivity index is 2.47. The van der Waals surface area contributed by atoms with Crippen molar-refractivity contribution in [1.82, 2.24) is 10.6 Å². The number of amides is 1. The van der Waals surface area contributed by atoms with E-state index < -0.39 is 11.7 Å². The number of hydrogen-bond donors (Lipinski definition) is 3. The van der Waals surface area contributed by atoms with Crippen molar-refractivity contribution in [2.75, 3.05) is 26.7 Å². The lowest BCUT2D eigenvalue weighted by Crippen LogP contribution is -2.55. The zero-order chi connectivity index (χ0) is 13.6. The van der Waals surface area contributed by atoms with Gasteiger partial charge in [-0.25, -0.2) is 0 Å². The molecule has 1 fully saturated rings. The second-order valence-corrected chi connectivity index (χ2v) is 5.11. The fraction of sp³-hybridized carbons (Fsp3) is 0.923. The summed E-state index contributed by atoms with van der Waals surface area (Å²) in [7, 11) is 1.58. The number of piperidine rings is 1. The number of carbonyl (C=O) groups is 1. The van der Waals surface area contributed by atoms with Crippen molar-refractivity contribution in [1.29, 1.82) is 0 Å². The average molecular weight is 258 g/mol. The summed E-state index contributed by atoms with van der Waals surface area (Å²) in [5.41, 5.74) is -0.722. The molecular weight excluding hydrogens is 232 g/mol. The van der Waals surface area contributed by atoms with E-state index in [0.717, 1.165) is 19.5 Å². The maximum Gasteiger partial charge on any atom is 0.252 e. The standard InChI is InChI=1S/C13H26N2O3/c1-4-10(2)11(16)9-15-12(17)13(18-3)5-7-14-8-6-13/h10-11,14,16H,4-9H2,1-3H3,(H,15,17). The Morgan fingerprint density at radius 2 is 2.11 bits per heavy atom. The molecule has 2 unspecified atom stereocenters. The van der Waals surface area contributed by atoms with Gasteiger partial charge in [-0.3, -0.25) is 4.79 Å². The Morgan fingerprint density at radius 1 is 1.50 bits per heavy atom. The molecule has 0 saturated carbocycles. The Kier molecular flexibility index (Phi) is 6.05. The van der Waals surface area contributed by atoms with Crippen molar-refractivity contribution in [3.05, 3.63) is 0 Å². The second kappa shape index (κ2) is 7.07. The van der Waals surface area contributed by atoms with E-state index in [4.69, 9.17) is 4.74 Å². The molecule has 5 heteroatoms. The monoisotopic (exact) mass is 258 g/mol. The summed E-state index contributed by atoms with van der Waals surface area (Å²) in [6.45, 7) is 5.88. The smallest absolute Gasteiger partial charge is 0.252 e. The molecule has 1 rings (SSSR count). The minimum atomic E-state index is -0.722. The molecule has 106 valence electrons. The van der Waals surface area contributed by atoms with Crippen LogP contribution in [-0.2, 0) is 9.53 Å². The van der Waals surface area contributed by atoms with Crippen molar-refractivity contribution >= 4 is 5.91 Å². The molecule has 1 heterocycles. The van der Waals surface area contributed by atoms with Crippen molar-refractivity contribution in [2.24, 2.45) is 5.92 Å². The van der Waals surface area contributed by atoms with Gasteiger partial charge in [0.15, 0.2) is 0 Å². The molecule has 0 bridgehead atoms. The van der Waals surface area contributed by atoms with Crippen LogP contribution >= 0.6 is 0 Å². The van der Waals surface area contributed by atoms with Crippen LogP contribution in [-0.4, -0.2) is 49.5 Å². The molecule has 1 aliphatic rings. The highest BCUT2D eigenvalue weighted by Crippen LogP contribution is 2.22. The number of rotatable bonds is 6. The molecule has 0 aromatic carbocycles. The Bertz CT molecular complexity index is 265. The Labute approximate surface area is 109 Å². The predicted molar refractivity (Wildman–Crippen MR) is 70.3 cm³/mol. The molecule has 1 saturated heterocycles. The number of methoxy groups -OCH3 is 1. The van der Waals surface area contributed by atoms with Gasteiger partial charge in [0.1, 0.15) is 5.60 Å². The second-order valence-electron chi connectivity index (χ2n) is 5.11. The normalized spacial score (nSPS) is 22.2. The number of ether oxygens (including phenoxy) is 1. The first-order valence-electron chi connectivity index (χ1n) is 6.78. The van der Waals surface area contributed by atoms with Crippen LogP contribution in [0.3, 0.4) is 0 Å². The molecule has 18 heavy (non-hydrogen) atoms. The summed E-state index contributed by atoms with van der Waals surface area (Å²) in [4.78, 5) is 12.2. The van der Waals surface area contributed by atoms with Crippen molar-refractivity contribution in [3.63, 3.8) is 0 Å². The van der Waals surface area contributed by atoms with Crippen molar-refractivity contribution in [3.8, 4) is 0 Å². The lowest BCUT2D eigenvalue weighted by atomic mass is 9.91. The molecule has 0 radical (unpaired) electrons. The quantitative estimate of drug-likeness (QED) is 0.640. The number of aliphatic hydroxyl groups excluding tert-OH is 1. The number of hydrogen-bond acceptors (Lipinski definition) is 4. The first-order chi connectivity index (χ1) is 8.55. The van der Waals surface area contributed by atoms with Crippen LogP contribution in [0.4, 0.5) is 0 Å². The SMILES string of the molecule is CCC(C)C(O)CNC(=O)C1(OC)CCNCC1. The van der Waals surface area contributed by atoms with Gasteiger partial charge in [-0.15, -0.1) is 0 Å². The zero-order valence-electron chi connectivity index (χ0n) is 11.7. The number of carbonyl (C=O) groups excluding carboxylic acids is 1. The van der Waals surface area contributed by atoms with E-state index in [9.17, 15) is 9.90 Å². The third-order valence-electron chi connectivity index (χ3n) is 3.99. The summed E-state index contributed by atoms with van der Waals surface area (Å²) in [6.07, 6.45) is 1.76. The van der Waals surface area contributed by atoms with Crippen LogP contribution < -0.4 is 10.6 Å². The van der Waals surface area contributed by atoms with Crippen LogP contribution in [0.25, 0.3) is 0 Å². The molecule has 1 aliphatic heterocycles. The van der Waals surface area contributed by atoms with Crippen molar-refractivity contribution in [2.45, 2.75) is 44.8 Å². The van der Waals surface area contributed by atoms with E-state index >= 15 is 0 Å². The van der Waals surface area contributed by atoms with Crippen LogP contribution in [0.5, 0.6) is 0 Å². The Morgan fingerprint density at radius 3 is 2.61 bits per heavy atom. The van der Waals surface area contributed by atoms with Crippen LogP contribution in [0.15, 0.2) is 0 Å². The summed E-state index contributed by atoms with van der Waals surface area (Å²) in [5.74, 6) is 0.0886. The number of aliphatic hydroxyl groups is 1. The summed E-state index contributed by atoms with van der Waals surface area (Å²) >= 11 is 0. The van der Waals surface area contributed by atoms with Crippen LogP contribution in [0.2, 0.25) is 0 Å². The predicted octanol–water partition coefficient (Wildman–Crippen LogP) is 0.278. The number of nitrogens with one attached hydrogen (secondary N) is 2. The largest absolute Gasteiger partial charge is 0.391 e. The maximum absolute atomic E-state index is 12.2. The highest BCUT2D eigenvalue weighted by Gasteiger charge is 2.39. The van der Waals surface area contributed by atoms with Gasteiger partial charge in [-0.05, 0) is 31.8 Å². The average Bonchev–Trinajstić information content (AvgIpc) is 2.43. The molecule has 0 aliphatic carbocycles. The first kappa shape index (κ1) is 15.4.